The molecule has 0 saturated heterocycles. The predicted octanol–water partition coefficient (Wildman–Crippen LogP) is 0.699. The normalized spacial score (nSPS) is 14.2. The van der Waals surface area contributed by atoms with E-state index < -0.39 is 4.92 Å². The highest BCUT2D eigenvalue weighted by Crippen LogP contribution is 2.28. The number of aromatic nitrogens is 3. The van der Waals surface area contributed by atoms with E-state index in [0.717, 1.165) is 24.6 Å². The van der Waals surface area contributed by atoms with Crippen LogP contribution in [0.2, 0.25) is 0 Å². The number of benzene rings is 1. The quantitative estimate of drug-likeness (QED) is 0.654. The molecule has 1 N–H and O–H groups in total. The Morgan fingerprint density at radius 2 is 2.25 bits per heavy atom. The maximum atomic E-state index is 10.8. The summed E-state index contributed by atoms with van der Waals surface area (Å²) in [5.41, 5.74) is 1.33. The first kappa shape index (κ1) is 12.5. The molecule has 8 heteroatoms. The second-order valence-corrected chi connectivity index (χ2v) is 4.59. The van der Waals surface area contributed by atoms with Gasteiger partial charge < -0.3 is 14.6 Å². The fourth-order valence-corrected chi connectivity index (χ4v) is 2.39. The zero-order valence-electron chi connectivity index (χ0n) is 10.6. The van der Waals surface area contributed by atoms with Crippen LogP contribution in [-0.2, 0) is 19.7 Å². The third kappa shape index (κ3) is 2.10. The number of hydrogen-bond donors (Lipinski definition) is 1. The summed E-state index contributed by atoms with van der Waals surface area (Å²) in [5, 5.41) is 28.1. The predicted molar refractivity (Wildman–Crippen MR) is 70.1 cm³/mol. The van der Waals surface area contributed by atoms with Crippen molar-refractivity contribution in [3.05, 3.63) is 46.0 Å². The number of nitrogens with zero attached hydrogens (tertiary/aromatic N) is 5. The molecule has 3 rings (SSSR count). The number of rotatable bonds is 3. The average molecular weight is 275 g/mol. The maximum absolute atomic E-state index is 10.8. The minimum absolute atomic E-state index is 0.0158. The van der Waals surface area contributed by atoms with Gasteiger partial charge in [0.25, 0.3) is 5.69 Å². The minimum atomic E-state index is -0.463. The molecular weight excluding hydrogens is 262 g/mol. The van der Waals surface area contributed by atoms with E-state index in [1.54, 1.807) is 12.4 Å². The Hall–Kier alpha value is -2.48. The molecule has 1 aliphatic rings. The molecule has 0 radical (unpaired) electrons. The molecule has 8 nitrogen and oxygen atoms in total. The van der Waals surface area contributed by atoms with Crippen LogP contribution in [-0.4, -0.2) is 31.3 Å². The zero-order chi connectivity index (χ0) is 14.1. The fourth-order valence-electron chi connectivity index (χ4n) is 2.39. The van der Waals surface area contributed by atoms with Crippen molar-refractivity contribution >= 4 is 11.4 Å². The molecule has 1 aromatic carbocycles. The van der Waals surface area contributed by atoms with Gasteiger partial charge in [-0.3, -0.25) is 10.1 Å². The molecule has 0 saturated carbocycles. The van der Waals surface area contributed by atoms with Crippen molar-refractivity contribution in [2.45, 2.75) is 19.7 Å². The molecule has 0 spiro atoms. The van der Waals surface area contributed by atoms with Crippen molar-refractivity contribution in [1.29, 1.82) is 0 Å². The van der Waals surface area contributed by atoms with Gasteiger partial charge in [0.15, 0.2) is 5.82 Å². The lowest BCUT2D eigenvalue weighted by Crippen LogP contribution is -2.34. The van der Waals surface area contributed by atoms with E-state index in [1.807, 2.05) is 9.47 Å². The van der Waals surface area contributed by atoms with Crippen molar-refractivity contribution in [2.24, 2.45) is 0 Å². The summed E-state index contributed by atoms with van der Waals surface area (Å²) >= 11 is 0. The average Bonchev–Trinajstić information content (AvgIpc) is 2.93. The molecule has 0 aliphatic carbocycles. The number of fused-ring (bicyclic) bond motifs is 1. The Balaban J connectivity index is 1.93. The topological polar surface area (TPSA) is 97.3 Å². The highest BCUT2D eigenvalue weighted by atomic mass is 16.6. The van der Waals surface area contributed by atoms with Crippen LogP contribution in [0, 0.1) is 10.1 Å². The highest BCUT2D eigenvalue weighted by molar-refractivity contribution is 5.58. The second-order valence-electron chi connectivity index (χ2n) is 4.59. The van der Waals surface area contributed by atoms with Crippen molar-refractivity contribution in [2.75, 3.05) is 11.4 Å². The van der Waals surface area contributed by atoms with Gasteiger partial charge in [-0.2, -0.15) is 0 Å². The standard InChI is InChI=1S/C12H13N5O3/c18-7-9-5-10(17(19)20)1-2-11(9)15-3-4-16-8-13-14-12(16)6-15/h1-2,5,8,18H,3-4,6-7H2. The molecule has 2 aromatic rings. The van der Waals surface area contributed by atoms with Crippen LogP contribution in [0.3, 0.4) is 0 Å². The van der Waals surface area contributed by atoms with Crippen LogP contribution in [0.4, 0.5) is 11.4 Å². The third-order valence-electron chi connectivity index (χ3n) is 3.42. The lowest BCUT2D eigenvalue weighted by atomic mass is 10.1. The first-order valence-corrected chi connectivity index (χ1v) is 6.19. The van der Waals surface area contributed by atoms with Gasteiger partial charge in [-0.1, -0.05) is 0 Å². The van der Waals surface area contributed by atoms with E-state index >= 15 is 0 Å². The summed E-state index contributed by atoms with van der Waals surface area (Å²) < 4.78 is 1.97. The molecule has 0 atom stereocenters. The van der Waals surface area contributed by atoms with Crippen molar-refractivity contribution in [3.63, 3.8) is 0 Å². The zero-order valence-corrected chi connectivity index (χ0v) is 10.6. The number of nitro groups is 1. The van der Waals surface area contributed by atoms with E-state index in [4.69, 9.17) is 0 Å². The van der Waals surface area contributed by atoms with Crippen LogP contribution in [0.25, 0.3) is 0 Å². The van der Waals surface area contributed by atoms with Gasteiger partial charge >= 0.3 is 0 Å². The van der Waals surface area contributed by atoms with E-state index in [9.17, 15) is 15.2 Å². The number of aliphatic hydroxyl groups excluding tert-OH is 1. The van der Waals surface area contributed by atoms with Gasteiger partial charge in [-0.15, -0.1) is 10.2 Å². The number of anilines is 1. The summed E-state index contributed by atoms with van der Waals surface area (Å²) in [6.45, 7) is 1.84. The van der Waals surface area contributed by atoms with Crippen molar-refractivity contribution in [1.82, 2.24) is 14.8 Å². The summed E-state index contributed by atoms with van der Waals surface area (Å²) in [6, 6.07) is 4.54. The van der Waals surface area contributed by atoms with Crippen LogP contribution < -0.4 is 4.90 Å². The van der Waals surface area contributed by atoms with Gasteiger partial charge in [0.2, 0.25) is 0 Å². The Bertz CT molecular complexity index is 654. The van der Waals surface area contributed by atoms with Crippen LogP contribution in [0.15, 0.2) is 24.5 Å². The van der Waals surface area contributed by atoms with Crippen molar-refractivity contribution in [3.8, 4) is 0 Å². The van der Waals surface area contributed by atoms with E-state index in [-0.39, 0.29) is 12.3 Å². The SMILES string of the molecule is O=[N+]([O-])c1ccc(N2CCn3cnnc3C2)c(CO)c1. The van der Waals surface area contributed by atoms with E-state index in [0.29, 0.717) is 12.1 Å². The van der Waals surface area contributed by atoms with Crippen LogP contribution >= 0.6 is 0 Å². The number of hydrogen-bond acceptors (Lipinski definition) is 6. The summed E-state index contributed by atoms with van der Waals surface area (Å²) in [7, 11) is 0. The Morgan fingerprint density at radius 3 is 3.00 bits per heavy atom. The minimum Gasteiger partial charge on any atom is -0.392 e. The molecule has 20 heavy (non-hydrogen) atoms. The Morgan fingerprint density at radius 1 is 1.40 bits per heavy atom. The molecule has 0 amide bonds. The molecule has 1 aliphatic heterocycles. The molecule has 0 bridgehead atoms. The third-order valence-corrected chi connectivity index (χ3v) is 3.42. The molecule has 1 aromatic heterocycles. The van der Waals surface area contributed by atoms with Gasteiger partial charge in [0, 0.05) is 36.5 Å². The van der Waals surface area contributed by atoms with Gasteiger partial charge in [0.1, 0.15) is 6.33 Å². The summed E-state index contributed by atoms with van der Waals surface area (Å²) in [4.78, 5) is 12.4. The maximum Gasteiger partial charge on any atom is 0.269 e. The fraction of sp³-hybridized carbons (Fsp3) is 0.333. The molecule has 0 unspecified atom stereocenters. The van der Waals surface area contributed by atoms with Gasteiger partial charge in [0.05, 0.1) is 18.1 Å². The monoisotopic (exact) mass is 275 g/mol. The number of non-ortho nitro benzene ring substituents is 1. The first-order chi connectivity index (χ1) is 9.69. The molecule has 104 valence electrons. The summed E-state index contributed by atoms with van der Waals surface area (Å²) in [6.07, 6.45) is 1.69. The molecule has 2 heterocycles. The largest absolute Gasteiger partial charge is 0.392 e. The smallest absolute Gasteiger partial charge is 0.269 e. The second kappa shape index (κ2) is 4.89. The number of aliphatic hydroxyl groups is 1. The van der Waals surface area contributed by atoms with Crippen LogP contribution in [0.5, 0.6) is 0 Å². The van der Waals surface area contributed by atoms with Crippen molar-refractivity contribution < 1.29 is 10.0 Å². The highest BCUT2D eigenvalue weighted by Gasteiger charge is 2.21. The Labute approximate surface area is 114 Å². The Kier molecular flexibility index (Phi) is 3.07. The first-order valence-electron chi connectivity index (χ1n) is 6.19. The van der Waals surface area contributed by atoms with E-state index in [2.05, 4.69) is 10.2 Å². The van der Waals surface area contributed by atoms with Gasteiger partial charge in [-0.05, 0) is 6.07 Å². The molecule has 0 fully saturated rings. The summed E-state index contributed by atoms with van der Waals surface area (Å²) in [5.74, 6) is 0.846. The lowest BCUT2D eigenvalue weighted by molar-refractivity contribution is -0.384. The van der Waals surface area contributed by atoms with E-state index in [1.165, 1.54) is 12.1 Å². The van der Waals surface area contributed by atoms with Gasteiger partial charge in [-0.25, -0.2) is 0 Å². The number of nitro benzene ring substituents is 1. The lowest BCUT2D eigenvalue weighted by Gasteiger charge is -2.30. The van der Waals surface area contributed by atoms with Crippen LogP contribution in [0.1, 0.15) is 11.4 Å². The molecular formula is C12H13N5O3.